The molecule has 1 aliphatic rings. The summed E-state index contributed by atoms with van der Waals surface area (Å²) in [6.45, 7) is 5.76. The molecule has 1 aromatic carbocycles. The van der Waals surface area contributed by atoms with Crippen LogP contribution in [-0.4, -0.2) is 28.7 Å². The first-order chi connectivity index (χ1) is 14.0. The molecule has 1 saturated heterocycles. The SMILES string of the molecule is Cc1ccc(O[C@@H]2CCN(c3cc(=O)n(C)c4ccc(C#N)nc34)C[C@H]2C)cc1. The maximum atomic E-state index is 12.5. The van der Waals surface area contributed by atoms with Crippen molar-refractivity contribution in [2.75, 3.05) is 18.0 Å². The highest BCUT2D eigenvalue weighted by molar-refractivity contribution is 5.88. The quantitative estimate of drug-likeness (QED) is 0.688. The molecule has 0 N–H and O–H groups in total. The highest BCUT2D eigenvalue weighted by Crippen LogP contribution is 2.30. The maximum absolute atomic E-state index is 12.5. The maximum Gasteiger partial charge on any atom is 0.252 e. The predicted octanol–water partition coefficient (Wildman–Crippen LogP) is 3.41. The number of fused-ring (bicyclic) bond motifs is 1. The number of aromatic nitrogens is 2. The summed E-state index contributed by atoms with van der Waals surface area (Å²) < 4.78 is 7.80. The average molecular weight is 388 g/mol. The van der Waals surface area contributed by atoms with Crippen molar-refractivity contribution in [3.05, 3.63) is 64.1 Å². The Hall–Kier alpha value is -3.33. The molecule has 1 aliphatic heterocycles. The van der Waals surface area contributed by atoms with Crippen molar-refractivity contribution in [3.63, 3.8) is 0 Å². The Balaban J connectivity index is 1.61. The van der Waals surface area contributed by atoms with E-state index in [-0.39, 0.29) is 17.6 Å². The monoisotopic (exact) mass is 388 g/mol. The van der Waals surface area contributed by atoms with Crippen LogP contribution in [0.4, 0.5) is 5.69 Å². The number of aryl methyl sites for hydroxylation is 2. The molecule has 6 heteroatoms. The summed E-state index contributed by atoms with van der Waals surface area (Å²) in [5.74, 6) is 1.17. The Morgan fingerprint density at radius 1 is 1.21 bits per heavy atom. The molecule has 2 aromatic heterocycles. The highest BCUT2D eigenvalue weighted by atomic mass is 16.5. The van der Waals surface area contributed by atoms with Gasteiger partial charge in [0.15, 0.2) is 0 Å². The van der Waals surface area contributed by atoms with Crippen LogP contribution in [-0.2, 0) is 7.05 Å². The molecular weight excluding hydrogens is 364 g/mol. The van der Waals surface area contributed by atoms with Crippen LogP contribution >= 0.6 is 0 Å². The number of rotatable bonds is 3. The number of hydrogen-bond acceptors (Lipinski definition) is 5. The normalized spacial score (nSPS) is 19.2. The zero-order valence-electron chi connectivity index (χ0n) is 16.9. The zero-order chi connectivity index (χ0) is 20.5. The van der Waals surface area contributed by atoms with Crippen LogP contribution in [0.1, 0.15) is 24.6 Å². The summed E-state index contributed by atoms with van der Waals surface area (Å²) in [5, 5.41) is 9.25. The minimum Gasteiger partial charge on any atom is -0.490 e. The van der Waals surface area contributed by atoms with Crippen LogP contribution < -0.4 is 15.2 Å². The van der Waals surface area contributed by atoms with Gasteiger partial charge in [-0.3, -0.25) is 4.79 Å². The van der Waals surface area contributed by atoms with Gasteiger partial charge in [0.05, 0.1) is 11.2 Å². The Morgan fingerprint density at radius 3 is 2.66 bits per heavy atom. The van der Waals surface area contributed by atoms with E-state index in [1.807, 2.05) is 12.1 Å². The molecule has 6 nitrogen and oxygen atoms in total. The van der Waals surface area contributed by atoms with E-state index in [1.54, 1.807) is 29.8 Å². The smallest absolute Gasteiger partial charge is 0.252 e. The van der Waals surface area contributed by atoms with Gasteiger partial charge in [-0.15, -0.1) is 0 Å². The topological polar surface area (TPSA) is 71.2 Å². The first-order valence-corrected chi connectivity index (χ1v) is 9.85. The Labute approximate surface area is 170 Å². The summed E-state index contributed by atoms with van der Waals surface area (Å²) >= 11 is 0. The average Bonchev–Trinajstić information content (AvgIpc) is 2.73. The molecule has 2 atom stereocenters. The van der Waals surface area contributed by atoms with Crippen LogP contribution in [0, 0.1) is 24.2 Å². The number of nitrogens with zero attached hydrogens (tertiary/aromatic N) is 4. The van der Waals surface area contributed by atoms with Crippen LogP contribution in [0.15, 0.2) is 47.3 Å². The first-order valence-electron chi connectivity index (χ1n) is 9.85. The molecule has 0 unspecified atom stereocenters. The van der Waals surface area contributed by atoms with Crippen molar-refractivity contribution in [1.29, 1.82) is 5.26 Å². The van der Waals surface area contributed by atoms with Gasteiger partial charge in [0, 0.05) is 38.5 Å². The number of benzene rings is 1. The molecule has 1 fully saturated rings. The molecule has 0 spiro atoms. The third kappa shape index (κ3) is 3.68. The van der Waals surface area contributed by atoms with E-state index >= 15 is 0 Å². The lowest BCUT2D eigenvalue weighted by atomic mass is 9.95. The molecule has 148 valence electrons. The number of piperidine rings is 1. The summed E-state index contributed by atoms with van der Waals surface area (Å²) in [7, 11) is 1.73. The fourth-order valence-electron chi connectivity index (χ4n) is 3.92. The lowest BCUT2D eigenvalue weighted by Gasteiger charge is -2.38. The van der Waals surface area contributed by atoms with E-state index in [4.69, 9.17) is 4.74 Å². The number of ether oxygens (including phenoxy) is 1. The third-order valence-electron chi connectivity index (χ3n) is 5.66. The predicted molar refractivity (Wildman–Crippen MR) is 113 cm³/mol. The first kappa shape index (κ1) is 19.0. The second-order valence-corrected chi connectivity index (χ2v) is 7.78. The standard InChI is InChI=1S/C23H24N4O2/c1-15-4-7-18(8-5-15)29-21-10-11-27(14-16(21)2)20-12-22(28)26(3)19-9-6-17(13-24)25-23(19)20/h4-9,12,16,21H,10-11,14H2,1-3H3/t16-,21-/m1/s1. The van der Waals surface area contributed by atoms with Gasteiger partial charge < -0.3 is 14.2 Å². The molecule has 0 amide bonds. The summed E-state index contributed by atoms with van der Waals surface area (Å²) in [4.78, 5) is 19.2. The van der Waals surface area contributed by atoms with E-state index in [2.05, 4.69) is 41.9 Å². The largest absolute Gasteiger partial charge is 0.490 e. The Kier molecular flexibility index (Phi) is 4.98. The van der Waals surface area contributed by atoms with Gasteiger partial charge in [-0.25, -0.2) is 4.98 Å². The van der Waals surface area contributed by atoms with Crippen molar-refractivity contribution in [2.24, 2.45) is 13.0 Å². The fraction of sp³-hybridized carbons (Fsp3) is 0.348. The highest BCUT2D eigenvalue weighted by Gasteiger charge is 2.29. The third-order valence-corrected chi connectivity index (χ3v) is 5.66. The lowest BCUT2D eigenvalue weighted by Crippen LogP contribution is -2.45. The van der Waals surface area contributed by atoms with E-state index < -0.39 is 0 Å². The van der Waals surface area contributed by atoms with E-state index in [0.717, 1.165) is 36.5 Å². The molecule has 0 radical (unpaired) electrons. The van der Waals surface area contributed by atoms with Crippen LogP contribution in [0.5, 0.6) is 5.75 Å². The minimum absolute atomic E-state index is 0.0790. The van der Waals surface area contributed by atoms with E-state index in [9.17, 15) is 10.1 Å². The van der Waals surface area contributed by atoms with Crippen LogP contribution in [0.25, 0.3) is 11.0 Å². The van der Waals surface area contributed by atoms with Gasteiger partial charge in [-0.2, -0.15) is 5.26 Å². The van der Waals surface area contributed by atoms with Gasteiger partial charge >= 0.3 is 0 Å². The van der Waals surface area contributed by atoms with E-state index in [1.165, 1.54) is 5.56 Å². The molecule has 0 saturated carbocycles. The second-order valence-electron chi connectivity index (χ2n) is 7.78. The van der Waals surface area contributed by atoms with Crippen molar-refractivity contribution < 1.29 is 4.74 Å². The van der Waals surface area contributed by atoms with Crippen LogP contribution in [0.2, 0.25) is 0 Å². The molecule has 0 aliphatic carbocycles. The lowest BCUT2D eigenvalue weighted by molar-refractivity contribution is 0.121. The summed E-state index contributed by atoms with van der Waals surface area (Å²) in [6.07, 6.45) is 0.971. The van der Waals surface area contributed by atoms with Gasteiger partial charge in [0.25, 0.3) is 5.56 Å². The van der Waals surface area contributed by atoms with Gasteiger partial charge in [-0.05, 0) is 31.2 Å². The second kappa shape index (κ2) is 7.59. The molecule has 0 bridgehead atoms. The zero-order valence-corrected chi connectivity index (χ0v) is 16.9. The number of hydrogen-bond donors (Lipinski definition) is 0. The van der Waals surface area contributed by atoms with Crippen molar-refractivity contribution in [2.45, 2.75) is 26.4 Å². The van der Waals surface area contributed by atoms with Crippen LogP contribution in [0.3, 0.4) is 0 Å². The molecular formula is C23H24N4O2. The Bertz CT molecular complexity index is 1140. The number of anilines is 1. The Morgan fingerprint density at radius 2 is 1.97 bits per heavy atom. The summed E-state index contributed by atoms with van der Waals surface area (Å²) in [6, 6.07) is 15.3. The number of pyridine rings is 2. The fourth-order valence-corrected chi connectivity index (χ4v) is 3.92. The molecule has 29 heavy (non-hydrogen) atoms. The summed E-state index contributed by atoms with van der Waals surface area (Å²) in [5.41, 5.74) is 3.70. The number of nitriles is 1. The van der Waals surface area contributed by atoms with Crippen molar-refractivity contribution in [3.8, 4) is 11.8 Å². The van der Waals surface area contributed by atoms with Crippen molar-refractivity contribution >= 4 is 16.7 Å². The van der Waals surface area contributed by atoms with Gasteiger partial charge in [-0.1, -0.05) is 24.6 Å². The van der Waals surface area contributed by atoms with Gasteiger partial charge in [0.1, 0.15) is 29.1 Å². The minimum atomic E-state index is -0.0790. The van der Waals surface area contributed by atoms with E-state index in [0.29, 0.717) is 11.2 Å². The molecule has 3 aromatic rings. The molecule has 4 rings (SSSR count). The van der Waals surface area contributed by atoms with Crippen molar-refractivity contribution in [1.82, 2.24) is 9.55 Å². The van der Waals surface area contributed by atoms with Gasteiger partial charge in [0.2, 0.25) is 0 Å². The molecule has 3 heterocycles.